The van der Waals surface area contributed by atoms with Crippen LogP contribution in [0.5, 0.6) is 0 Å². The molecule has 0 spiro atoms. The molecule has 0 aliphatic heterocycles. The lowest BCUT2D eigenvalue weighted by molar-refractivity contribution is -0.140. The van der Waals surface area contributed by atoms with Gasteiger partial charge in [0.05, 0.1) is 10.6 Å². The van der Waals surface area contributed by atoms with Gasteiger partial charge in [-0.2, -0.15) is 0 Å². The molecule has 46 heavy (non-hydrogen) atoms. The second-order valence-corrected chi connectivity index (χ2v) is 14.2. The first kappa shape index (κ1) is 33.2. The van der Waals surface area contributed by atoms with Crippen LogP contribution in [0.4, 0.5) is 5.69 Å². The molecule has 0 unspecified atom stereocenters. The molecule has 7 nitrogen and oxygen atoms in total. The van der Waals surface area contributed by atoms with Crippen LogP contribution in [0, 0.1) is 13.8 Å². The molecule has 0 saturated heterocycles. The molecule has 1 atom stereocenters. The van der Waals surface area contributed by atoms with Gasteiger partial charge in [-0.3, -0.25) is 13.9 Å². The number of carbonyl (C=O) groups is 2. The summed E-state index contributed by atoms with van der Waals surface area (Å²) in [6.45, 7) is 3.36. The Labute approximate surface area is 277 Å². The van der Waals surface area contributed by atoms with Crippen LogP contribution in [0.15, 0.2) is 108 Å². The zero-order valence-electron chi connectivity index (χ0n) is 26.2. The van der Waals surface area contributed by atoms with E-state index >= 15 is 0 Å². The molecule has 0 aromatic heterocycles. The van der Waals surface area contributed by atoms with Gasteiger partial charge in [-0.05, 0) is 79.3 Å². The van der Waals surface area contributed by atoms with Crippen molar-refractivity contribution in [3.63, 3.8) is 0 Å². The predicted octanol–water partition coefficient (Wildman–Crippen LogP) is 6.85. The Bertz CT molecular complexity index is 1740. The van der Waals surface area contributed by atoms with Crippen molar-refractivity contribution in [1.29, 1.82) is 0 Å². The Morgan fingerprint density at radius 1 is 0.826 bits per heavy atom. The maximum Gasteiger partial charge on any atom is 0.264 e. The predicted molar refractivity (Wildman–Crippen MR) is 183 cm³/mol. The highest BCUT2D eigenvalue weighted by Crippen LogP contribution is 2.29. The smallest absolute Gasteiger partial charge is 0.264 e. The highest BCUT2D eigenvalue weighted by Gasteiger charge is 2.36. The molecule has 1 aliphatic carbocycles. The quantitative estimate of drug-likeness (QED) is 0.181. The first-order chi connectivity index (χ1) is 22.1. The molecule has 1 N–H and O–H groups in total. The monoisotopic (exact) mass is 657 g/mol. The van der Waals surface area contributed by atoms with Gasteiger partial charge in [0.25, 0.3) is 10.0 Å². The fourth-order valence-corrected chi connectivity index (χ4v) is 7.57. The number of nitrogens with zero attached hydrogens (tertiary/aromatic N) is 2. The summed E-state index contributed by atoms with van der Waals surface area (Å²) >= 11 is 6.18. The first-order valence-corrected chi connectivity index (χ1v) is 17.5. The second-order valence-electron chi connectivity index (χ2n) is 11.9. The van der Waals surface area contributed by atoms with E-state index in [0.29, 0.717) is 10.7 Å². The van der Waals surface area contributed by atoms with Crippen molar-refractivity contribution >= 4 is 39.1 Å². The summed E-state index contributed by atoms with van der Waals surface area (Å²) in [6, 6.07) is 29.4. The van der Waals surface area contributed by atoms with E-state index in [4.69, 9.17) is 11.6 Å². The van der Waals surface area contributed by atoms with E-state index in [0.717, 1.165) is 47.9 Å². The summed E-state index contributed by atoms with van der Waals surface area (Å²) in [5, 5.41) is 3.75. The number of rotatable bonds is 12. The van der Waals surface area contributed by atoms with E-state index in [9.17, 15) is 18.0 Å². The number of hydrogen-bond acceptors (Lipinski definition) is 4. The number of anilines is 1. The van der Waals surface area contributed by atoms with Gasteiger partial charge in [0.1, 0.15) is 12.6 Å². The molecule has 0 bridgehead atoms. The van der Waals surface area contributed by atoms with Crippen molar-refractivity contribution in [1.82, 2.24) is 10.2 Å². The summed E-state index contributed by atoms with van der Waals surface area (Å²) in [6.07, 6.45) is 4.15. The van der Waals surface area contributed by atoms with Crippen molar-refractivity contribution in [2.75, 3.05) is 10.8 Å². The summed E-state index contributed by atoms with van der Waals surface area (Å²) < 4.78 is 29.6. The standard InChI is InChI=1S/C37H40ClN3O4S/c1-27-12-11-19-34(28(27)2)41(46(44,45)33-17-7-4-8-18-33)26-36(42)40(25-30-20-22-31(38)23-21-30)35(24-29-13-5-3-6-14-29)37(43)39-32-15-9-10-16-32/h3-8,11-14,17-23,32,35H,9-10,15-16,24-26H2,1-2H3,(H,39,43)/t35-/m0/s1. The van der Waals surface area contributed by atoms with Gasteiger partial charge in [0.15, 0.2) is 0 Å². The second kappa shape index (κ2) is 15.0. The van der Waals surface area contributed by atoms with E-state index in [-0.39, 0.29) is 29.8 Å². The van der Waals surface area contributed by atoms with Crippen LogP contribution < -0.4 is 9.62 Å². The van der Waals surface area contributed by atoms with Crippen LogP contribution in [-0.4, -0.2) is 43.8 Å². The number of amides is 2. The minimum atomic E-state index is -4.16. The van der Waals surface area contributed by atoms with Gasteiger partial charge in [0, 0.05) is 24.0 Å². The minimum absolute atomic E-state index is 0.0446. The largest absolute Gasteiger partial charge is 0.352 e. The van der Waals surface area contributed by atoms with Gasteiger partial charge in [0.2, 0.25) is 11.8 Å². The van der Waals surface area contributed by atoms with Crippen molar-refractivity contribution in [3.05, 3.63) is 130 Å². The Morgan fingerprint density at radius 3 is 2.11 bits per heavy atom. The third-order valence-corrected chi connectivity index (χ3v) is 10.7. The van der Waals surface area contributed by atoms with Crippen LogP contribution in [0.1, 0.15) is 47.9 Å². The van der Waals surface area contributed by atoms with E-state index in [1.54, 1.807) is 42.5 Å². The third kappa shape index (κ3) is 7.98. The van der Waals surface area contributed by atoms with Crippen molar-refractivity contribution in [3.8, 4) is 0 Å². The zero-order chi connectivity index (χ0) is 32.7. The van der Waals surface area contributed by atoms with E-state index in [2.05, 4.69) is 5.32 Å². The van der Waals surface area contributed by atoms with E-state index in [1.807, 2.05) is 62.4 Å². The molecule has 0 radical (unpaired) electrons. The topological polar surface area (TPSA) is 86.8 Å². The van der Waals surface area contributed by atoms with E-state index in [1.165, 1.54) is 21.3 Å². The maximum atomic E-state index is 14.7. The van der Waals surface area contributed by atoms with Crippen LogP contribution in [-0.2, 0) is 32.6 Å². The Kier molecular flexibility index (Phi) is 10.8. The molecule has 240 valence electrons. The van der Waals surface area contributed by atoms with Gasteiger partial charge in [-0.25, -0.2) is 8.42 Å². The number of hydrogen-bond donors (Lipinski definition) is 1. The van der Waals surface area contributed by atoms with Crippen molar-refractivity contribution in [2.24, 2.45) is 0 Å². The molecular weight excluding hydrogens is 618 g/mol. The lowest BCUT2D eigenvalue weighted by Crippen LogP contribution is -2.54. The molecule has 2 amide bonds. The van der Waals surface area contributed by atoms with Crippen LogP contribution in [0.3, 0.4) is 0 Å². The lowest BCUT2D eigenvalue weighted by Gasteiger charge is -2.34. The van der Waals surface area contributed by atoms with Crippen molar-refractivity contribution in [2.45, 2.75) is 69.5 Å². The van der Waals surface area contributed by atoms with Gasteiger partial charge < -0.3 is 10.2 Å². The van der Waals surface area contributed by atoms with Crippen LogP contribution in [0.2, 0.25) is 5.02 Å². The highest BCUT2D eigenvalue weighted by atomic mass is 35.5. The zero-order valence-corrected chi connectivity index (χ0v) is 27.8. The summed E-state index contributed by atoms with van der Waals surface area (Å²) in [5.41, 5.74) is 3.73. The number of halogens is 1. The maximum absolute atomic E-state index is 14.7. The third-order valence-electron chi connectivity index (χ3n) is 8.69. The molecule has 0 heterocycles. The van der Waals surface area contributed by atoms with Gasteiger partial charge in [-0.1, -0.05) is 97.2 Å². The summed E-state index contributed by atoms with van der Waals surface area (Å²) in [4.78, 5) is 30.4. The highest BCUT2D eigenvalue weighted by molar-refractivity contribution is 7.92. The number of sulfonamides is 1. The summed E-state index contributed by atoms with van der Waals surface area (Å²) in [5.74, 6) is -0.736. The lowest BCUT2D eigenvalue weighted by atomic mass is 10.0. The van der Waals surface area contributed by atoms with E-state index < -0.39 is 28.5 Å². The average Bonchev–Trinajstić information content (AvgIpc) is 3.57. The number of aryl methyl sites for hydroxylation is 1. The Morgan fingerprint density at radius 2 is 1.46 bits per heavy atom. The van der Waals surface area contributed by atoms with Crippen LogP contribution >= 0.6 is 11.6 Å². The molecule has 4 aromatic rings. The van der Waals surface area contributed by atoms with Crippen molar-refractivity contribution < 1.29 is 18.0 Å². The molecule has 9 heteroatoms. The summed E-state index contributed by atoms with van der Waals surface area (Å²) in [7, 11) is -4.16. The molecule has 4 aromatic carbocycles. The fraction of sp³-hybridized carbons (Fsp3) is 0.297. The van der Waals surface area contributed by atoms with Gasteiger partial charge >= 0.3 is 0 Å². The molecule has 1 fully saturated rings. The number of benzene rings is 4. The Hall–Kier alpha value is -4.14. The average molecular weight is 658 g/mol. The molecule has 1 saturated carbocycles. The molecule has 5 rings (SSSR count). The number of nitrogens with one attached hydrogen (secondary N) is 1. The SMILES string of the molecule is Cc1cccc(N(CC(=O)N(Cc2ccc(Cl)cc2)[C@@H](Cc2ccccc2)C(=O)NC2CCCC2)S(=O)(=O)c2ccccc2)c1C. The molecule has 1 aliphatic rings. The Balaban J connectivity index is 1.58. The van der Waals surface area contributed by atoms with Gasteiger partial charge in [-0.15, -0.1) is 0 Å². The van der Waals surface area contributed by atoms with Crippen LogP contribution in [0.25, 0.3) is 0 Å². The molecular formula is C37H40ClN3O4S. The fourth-order valence-electron chi connectivity index (χ4n) is 5.95. The number of carbonyl (C=O) groups excluding carboxylic acids is 2. The first-order valence-electron chi connectivity index (χ1n) is 15.7. The minimum Gasteiger partial charge on any atom is -0.352 e. The normalized spacial score (nSPS) is 14.1.